The van der Waals surface area contributed by atoms with Crippen LogP contribution in [0.2, 0.25) is 0 Å². The molecule has 0 bridgehead atoms. The molecule has 0 fully saturated rings. The summed E-state index contributed by atoms with van der Waals surface area (Å²) in [6.07, 6.45) is 0. The van der Waals surface area contributed by atoms with E-state index in [9.17, 15) is 14.4 Å². The zero-order chi connectivity index (χ0) is 17.0. The third-order valence-corrected chi connectivity index (χ3v) is 3.16. The lowest BCUT2D eigenvalue weighted by Gasteiger charge is -2.14. The molecule has 7 heteroatoms. The molecule has 2 aromatic rings. The lowest BCUT2D eigenvalue weighted by molar-refractivity contribution is 0.0655. The van der Waals surface area contributed by atoms with Gasteiger partial charge in [-0.05, 0) is 24.6 Å². The zero-order valence-corrected chi connectivity index (χ0v) is 12.5. The first kappa shape index (κ1) is 16.3. The van der Waals surface area contributed by atoms with Gasteiger partial charge in [0.2, 0.25) is 5.76 Å². The number of amides is 1. The molecule has 0 saturated carbocycles. The summed E-state index contributed by atoms with van der Waals surface area (Å²) in [5, 5.41) is 11.5. The van der Waals surface area contributed by atoms with Gasteiger partial charge in [0.15, 0.2) is 11.2 Å². The van der Waals surface area contributed by atoms with Crippen molar-refractivity contribution in [3.8, 4) is 5.75 Å². The second-order valence-corrected chi connectivity index (χ2v) is 4.80. The number of ether oxygens (including phenoxy) is 1. The number of carboxylic acid groups (broad SMARTS) is 1. The molecule has 0 radical (unpaired) electrons. The van der Waals surface area contributed by atoms with Crippen molar-refractivity contribution < 1.29 is 23.8 Å². The van der Waals surface area contributed by atoms with E-state index in [-0.39, 0.29) is 11.8 Å². The van der Waals surface area contributed by atoms with Crippen molar-refractivity contribution in [1.29, 1.82) is 0 Å². The van der Waals surface area contributed by atoms with E-state index >= 15 is 0 Å². The molecule has 2 N–H and O–H groups in total. The van der Waals surface area contributed by atoms with E-state index in [1.807, 2.05) is 0 Å². The summed E-state index contributed by atoms with van der Waals surface area (Å²) in [6, 6.07) is 8.47. The number of benzene rings is 1. The molecule has 0 spiro atoms. The van der Waals surface area contributed by atoms with Crippen molar-refractivity contribution in [2.45, 2.75) is 13.0 Å². The Morgan fingerprint density at radius 1 is 1.17 bits per heavy atom. The number of carboxylic acids is 1. The Hall–Kier alpha value is -3.09. The van der Waals surface area contributed by atoms with Gasteiger partial charge in [0.05, 0.1) is 13.2 Å². The fourth-order valence-electron chi connectivity index (χ4n) is 1.94. The predicted octanol–water partition coefficient (Wildman–Crippen LogP) is 1.84. The van der Waals surface area contributed by atoms with Crippen LogP contribution in [0.15, 0.2) is 45.6 Å². The molecule has 1 atom stereocenters. The Balaban J connectivity index is 2.17. The van der Waals surface area contributed by atoms with Gasteiger partial charge in [-0.3, -0.25) is 9.59 Å². The molecule has 23 heavy (non-hydrogen) atoms. The van der Waals surface area contributed by atoms with E-state index in [2.05, 4.69) is 5.32 Å². The quantitative estimate of drug-likeness (QED) is 0.871. The van der Waals surface area contributed by atoms with Crippen LogP contribution in [-0.4, -0.2) is 24.1 Å². The van der Waals surface area contributed by atoms with Gasteiger partial charge < -0.3 is 19.6 Å². The molecule has 7 nitrogen and oxygen atoms in total. The SMILES string of the molecule is COc1ccc([C@@H](C)NC(=O)c2cc(=O)cc(C(=O)O)o2)cc1. The first-order valence-electron chi connectivity index (χ1n) is 6.74. The van der Waals surface area contributed by atoms with E-state index in [1.54, 1.807) is 38.3 Å². The number of rotatable bonds is 5. The van der Waals surface area contributed by atoms with Crippen molar-refractivity contribution >= 4 is 11.9 Å². The molecule has 0 aliphatic heterocycles. The average Bonchev–Trinajstić information content (AvgIpc) is 2.54. The number of carbonyl (C=O) groups is 2. The monoisotopic (exact) mass is 317 g/mol. The van der Waals surface area contributed by atoms with Crippen LogP contribution in [0, 0.1) is 0 Å². The van der Waals surface area contributed by atoms with Gasteiger partial charge in [0.1, 0.15) is 5.75 Å². The molecule has 1 aromatic heterocycles. The van der Waals surface area contributed by atoms with Crippen molar-refractivity contribution in [2.75, 3.05) is 7.11 Å². The van der Waals surface area contributed by atoms with Crippen LogP contribution in [0.4, 0.5) is 0 Å². The first-order valence-corrected chi connectivity index (χ1v) is 6.74. The highest BCUT2D eigenvalue weighted by Crippen LogP contribution is 2.17. The van der Waals surface area contributed by atoms with Crippen LogP contribution < -0.4 is 15.5 Å². The summed E-state index contributed by atoms with van der Waals surface area (Å²) in [7, 11) is 1.55. The largest absolute Gasteiger partial charge is 0.497 e. The Morgan fingerprint density at radius 3 is 2.35 bits per heavy atom. The van der Waals surface area contributed by atoms with Gasteiger partial charge in [-0.15, -0.1) is 0 Å². The minimum atomic E-state index is -1.42. The second-order valence-electron chi connectivity index (χ2n) is 4.80. The lowest BCUT2D eigenvalue weighted by atomic mass is 10.1. The first-order chi connectivity index (χ1) is 10.9. The molecule has 1 amide bonds. The zero-order valence-electron chi connectivity index (χ0n) is 12.5. The summed E-state index contributed by atoms with van der Waals surface area (Å²) >= 11 is 0. The van der Waals surface area contributed by atoms with E-state index in [0.717, 1.165) is 17.7 Å². The summed E-state index contributed by atoms with van der Waals surface area (Å²) < 4.78 is 9.98. The van der Waals surface area contributed by atoms with Crippen molar-refractivity contribution in [3.05, 3.63) is 63.7 Å². The third kappa shape index (κ3) is 3.97. The smallest absolute Gasteiger partial charge is 0.371 e. The summed E-state index contributed by atoms with van der Waals surface area (Å²) in [5.41, 5.74) is 0.201. The maximum Gasteiger partial charge on any atom is 0.371 e. The number of hydrogen-bond acceptors (Lipinski definition) is 5. The van der Waals surface area contributed by atoms with Crippen molar-refractivity contribution in [1.82, 2.24) is 5.32 Å². The number of carbonyl (C=O) groups excluding carboxylic acids is 1. The molecule has 1 heterocycles. The van der Waals surface area contributed by atoms with Crippen molar-refractivity contribution in [3.63, 3.8) is 0 Å². The van der Waals surface area contributed by atoms with Crippen LogP contribution in [0.25, 0.3) is 0 Å². The lowest BCUT2D eigenvalue weighted by Crippen LogP contribution is -2.27. The van der Waals surface area contributed by atoms with Crippen LogP contribution in [0.1, 0.15) is 39.6 Å². The highest BCUT2D eigenvalue weighted by atomic mass is 16.5. The maximum atomic E-state index is 12.1. The number of methoxy groups -OCH3 is 1. The van der Waals surface area contributed by atoms with Gasteiger partial charge >= 0.3 is 5.97 Å². The number of nitrogens with one attached hydrogen (secondary N) is 1. The maximum absolute atomic E-state index is 12.1. The molecular formula is C16H15NO6. The van der Waals surface area contributed by atoms with Gasteiger partial charge in [-0.1, -0.05) is 12.1 Å². The molecule has 0 saturated heterocycles. The number of aromatic carboxylic acids is 1. The number of hydrogen-bond donors (Lipinski definition) is 2. The molecular weight excluding hydrogens is 302 g/mol. The molecule has 1 aromatic carbocycles. The summed E-state index contributed by atoms with van der Waals surface area (Å²) in [4.78, 5) is 34.4. The van der Waals surface area contributed by atoms with Gasteiger partial charge in [0.25, 0.3) is 5.91 Å². The highest BCUT2D eigenvalue weighted by Gasteiger charge is 2.17. The molecule has 0 unspecified atom stereocenters. The van der Waals surface area contributed by atoms with Gasteiger partial charge in [-0.2, -0.15) is 0 Å². The standard InChI is InChI=1S/C16H15NO6/c1-9(10-3-5-12(22-2)6-4-10)17-15(19)13-7-11(18)8-14(23-13)16(20)21/h3-9H,1-2H3,(H,17,19)(H,20,21)/t9-/m1/s1. The fraction of sp³-hybridized carbons (Fsp3) is 0.188. The van der Waals surface area contributed by atoms with Crippen molar-refractivity contribution in [2.24, 2.45) is 0 Å². The topological polar surface area (TPSA) is 106 Å². The predicted molar refractivity (Wildman–Crippen MR) is 80.8 cm³/mol. The highest BCUT2D eigenvalue weighted by molar-refractivity contribution is 5.92. The summed E-state index contributed by atoms with van der Waals surface area (Å²) in [6.45, 7) is 1.75. The molecule has 0 aliphatic rings. The molecule has 120 valence electrons. The minimum Gasteiger partial charge on any atom is -0.497 e. The van der Waals surface area contributed by atoms with E-state index in [1.165, 1.54) is 0 Å². The van der Waals surface area contributed by atoms with E-state index < -0.39 is 23.1 Å². The Kier molecular flexibility index (Phi) is 4.80. The van der Waals surface area contributed by atoms with Crippen LogP contribution >= 0.6 is 0 Å². The van der Waals surface area contributed by atoms with E-state index in [0.29, 0.717) is 5.75 Å². The van der Waals surface area contributed by atoms with Crippen LogP contribution in [-0.2, 0) is 0 Å². The third-order valence-electron chi connectivity index (χ3n) is 3.16. The van der Waals surface area contributed by atoms with E-state index in [4.69, 9.17) is 14.3 Å². The van der Waals surface area contributed by atoms with Crippen LogP contribution in [0.5, 0.6) is 5.75 Å². The van der Waals surface area contributed by atoms with Gasteiger partial charge in [0, 0.05) is 12.1 Å². The molecule has 0 aliphatic carbocycles. The minimum absolute atomic E-state index is 0.352. The van der Waals surface area contributed by atoms with Gasteiger partial charge in [-0.25, -0.2) is 4.79 Å². The fourth-order valence-corrected chi connectivity index (χ4v) is 1.94. The average molecular weight is 317 g/mol. The summed E-state index contributed by atoms with van der Waals surface area (Å²) in [5.74, 6) is -2.34. The normalized spacial score (nSPS) is 11.6. The van der Waals surface area contributed by atoms with Crippen LogP contribution in [0.3, 0.4) is 0 Å². The Bertz CT molecular complexity index is 778. The molecule has 2 rings (SSSR count). The Labute approximate surface area is 131 Å². The Morgan fingerprint density at radius 2 is 1.78 bits per heavy atom. The second kappa shape index (κ2) is 6.78.